The molecule has 7 nitrogen and oxygen atoms in total. The number of carbonyl (C=O) groups is 2. The Kier molecular flexibility index (Phi) is 5.23. The Bertz CT molecular complexity index is 743. The van der Waals surface area contributed by atoms with Crippen LogP contribution in [-0.4, -0.2) is 52.9 Å². The highest BCUT2D eigenvalue weighted by molar-refractivity contribution is 5.97. The molecule has 2 heterocycles. The molecule has 1 fully saturated rings. The lowest BCUT2D eigenvalue weighted by Crippen LogP contribution is -2.46. The van der Waals surface area contributed by atoms with Gasteiger partial charge in [0.2, 0.25) is 0 Å². The van der Waals surface area contributed by atoms with Crippen LogP contribution in [0.15, 0.2) is 42.9 Å². The average molecular weight is 340 g/mol. The fourth-order valence-corrected chi connectivity index (χ4v) is 2.89. The third-order valence-corrected chi connectivity index (χ3v) is 4.25. The van der Waals surface area contributed by atoms with Gasteiger partial charge in [-0.1, -0.05) is 12.1 Å². The number of carbonyl (C=O) groups excluding carboxylic acids is 2. The van der Waals surface area contributed by atoms with Crippen molar-refractivity contribution in [3.8, 4) is 5.75 Å². The standard InChI is InChI=1S/C18H20N4O3/c1-25-16-5-3-2-4-14(16)17(23)21-13-6-10-22(11-7-13)18(24)15-12-19-8-9-20-15/h2-5,8-9,12-13H,6-7,10-11H2,1H3,(H,21,23). The maximum atomic E-state index is 12.4. The fourth-order valence-electron chi connectivity index (χ4n) is 2.89. The van der Waals surface area contributed by atoms with Gasteiger partial charge in [-0.15, -0.1) is 0 Å². The predicted octanol–water partition coefficient (Wildman–Crippen LogP) is 1.52. The second-order valence-corrected chi connectivity index (χ2v) is 5.83. The molecular weight excluding hydrogens is 320 g/mol. The first-order valence-electron chi connectivity index (χ1n) is 8.18. The minimum absolute atomic E-state index is 0.0309. The number of benzene rings is 1. The molecule has 0 unspecified atom stereocenters. The molecule has 1 aliphatic rings. The number of amides is 2. The van der Waals surface area contributed by atoms with Crippen LogP contribution >= 0.6 is 0 Å². The lowest BCUT2D eigenvalue weighted by atomic mass is 10.0. The summed E-state index contributed by atoms with van der Waals surface area (Å²) in [6.07, 6.45) is 5.92. The lowest BCUT2D eigenvalue weighted by Gasteiger charge is -2.32. The molecule has 2 aromatic rings. The summed E-state index contributed by atoms with van der Waals surface area (Å²) in [5.74, 6) is 0.272. The number of hydrogen-bond donors (Lipinski definition) is 1. The van der Waals surface area contributed by atoms with Crippen LogP contribution in [0.3, 0.4) is 0 Å². The van der Waals surface area contributed by atoms with E-state index in [-0.39, 0.29) is 17.9 Å². The summed E-state index contributed by atoms with van der Waals surface area (Å²) in [5.41, 5.74) is 0.863. The summed E-state index contributed by atoms with van der Waals surface area (Å²) in [7, 11) is 1.54. The lowest BCUT2D eigenvalue weighted by molar-refractivity contribution is 0.0692. The highest BCUT2D eigenvalue weighted by Crippen LogP contribution is 2.19. The Morgan fingerprint density at radius 1 is 1.20 bits per heavy atom. The van der Waals surface area contributed by atoms with Gasteiger partial charge in [-0.05, 0) is 25.0 Å². The Morgan fingerprint density at radius 3 is 2.64 bits per heavy atom. The van der Waals surface area contributed by atoms with Gasteiger partial charge in [0.05, 0.1) is 18.9 Å². The first-order valence-corrected chi connectivity index (χ1v) is 8.18. The van der Waals surface area contributed by atoms with Crippen LogP contribution in [0, 0.1) is 0 Å². The first-order chi connectivity index (χ1) is 12.2. The van der Waals surface area contributed by atoms with Crippen molar-refractivity contribution in [3.05, 3.63) is 54.1 Å². The van der Waals surface area contributed by atoms with Gasteiger partial charge >= 0.3 is 0 Å². The van der Waals surface area contributed by atoms with E-state index in [9.17, 15) is 9.59 Å². The molecule has 1 saturated heterocycles. The van der Waals surface area contributed by atoms with Crippen molar-refractivity contribution < 1.29 is 14.3 Å². The molecule has 7 heteroatoms. The molecule has 130 valence electrons. The monoisotopic (exact) mass is 340 g/mol. The summed E-state index contributed by atoms with van der Waals surface area (Å²) >= 11 is 0. The fraction of sp³-hybridized carbons (Fsp3) is 0.333. The molecule has 0 radical (unpaired) electrons. The number of piperidine rings is 1. The topological polar surface area (TPSA) is 84.4 Å². The van der Waals surface area contributed by atoms with E-state index >= 15 is 0 Å². The molecule has 0 aliphatic carbocycles. The molecule has 0 atom stereocenters. The third kappa shape index (κ3) is 3.93. The van der Waals surface area contributed by atoms with E-state index in [0.717, 1.165) is 0 Å². The molecule has 1 aromatic heterocycles. The molecule has 0 spiro atoms. The number of aromatic nitrogens is 2. The van der Waals surface area contributed by atoms with E-state index in [2.05, 4.69) is 15.3 Å². The zero-order chi connectivity index (χ0) is 17.6. The van der Waals surface area contributed by atoms with Crippen LogP contribution in [0.2, 0.25) is 0 Å². The summed E-state index contributed by atoms with van der Waals surface area (Å²) < 4.78 is 5.23. The van der Waals surface area contributed by atoms with Crippen molar-refractivity contribution in [1.29, 1.82) is 0 Å². The number of para-hydroxylation sites is 1. The van der Waals surface area contributed by atoms with E-state index in [0.29, 0.717) is 42.9 Å². The number of nitrogens with zero attached hydrogens (tertiary/aromatic N) is 3. The zero-order valence-corrected chi connectivity index (χ0v) is 14.0. The molecule has 0 saturated carbocycles. The summed E-state index contributed by atoms with van der Waals surface area (Å²) in [6, 6.07) is 7.16. The number of nitrogens with one attached hydrogen (secondary N) is 1. The van der Waals surface area contributed by atoms with Gasteiger partial charge < -0.3 is 15.0 Å². The van der Waals surface area contributed by atoms with Crippen LogP contribution in [-0.2, 0) is 0 Å². The normalized spacial score (nSPS) is 14.8. The summed E-state index contributed by atoms with van der Waals surface area (Å²) in [6.45, 7) is 1.15. The quantitative estimate of drug-likeness (QED) is 0.912. The maximum Gasteiger partial charge on any atom is 0.274 e. The molecule has 2 amide bonds. The number of hydrogen-bond acceptors (Lipinski definition) is 5. The van der Waals surface area contributed by atoms with Crippen molar-refractivity contribution in [2.24, 2.45) is 0 Å². The Hall–Kier alpha value is -2.96. The van der Waals surface area contributed by atoms with Gasteiger partial charge in [-0.3, -0.25) is 14.6 Å². The zero-order valence-electron chi connectivity index (χ0n) is 14.0. The van der Waals surface area contributed by atoms with Gasteiger partial charge in [0.1, 0.15) is 11.4 Å². The molecule has 1 aromatic carbocycles. The van der Waals surface area contributed by atoms with Crippen molar-refractivity contribution in [1.82, 2.24) is 20.2 Å². The SMILES string of the molecule is COc1ccccc1C(=O)NC1CCN(C(=O)c2cnccn2)CC1. The first kappa shape index (κ1) is 16.9. The van der Waals surface area contributed by atoms with Crippen LogP contribution in [0.25, 0.3) is 0 Å². The molecule has 1 aliphatic heterocycles. The van der Waals surface area contributed by atoms with E-state index < -0.39 is 0 Å². The van der Waals surface area contributed by atoms with Gasteiger partial charge in [0.15, 0.2) is 0 Å². The van der Waals surface area contributed by atoms with Gasteiger partial charge in [0.25, 0.3) is 11.8 Å². The highest BCUT2D eigenvalue weighted by Gasteiger charge is 2.26. The van der Waals surface area contributed by atoms with Crippen LogP contribution in [0.5, 0.6) is 5.75 Å². The minimum Gasteiger partial charge on any atom is -0.496 e. The van der Waals surface area contributed by atoms with Crippen LogP contribution in [0.4, 0.5) is 0 Å². The van der Waals surface area contributed by atoms with Crippen LogP contribution in [0.1, 0.15) is 33.7 Å². The second-order valence-electron chi connectivity index (χ2n) is 5.83. The van der Waals surface area contributed by atoms with E-state index in [4.69, 9.17) is 4.74 Å². The smallest absolute Gasteiger partial charge is 0.274 e. The van der Waals surface area contributed by atoms with Crippen molar-refractivity contribution >= 4 is 11.8 Å². The second kappa shape index (κ2) is 7.74. The molecule has 25 heavy (non-hydrogen) atoms. The number of methoxy groups -OCH3 is 1. The van der Waals surface area contributed by atoms with Crippen LogP contribution < -0.4 is 10.1 Å². The van der Waals surface area contributed by atoms with Gasteiger partial charge in [-0.25, -0.2) is 4.98 Å². The number of ether oxygens (including phenoxy) is 1. The summed E-state index contributed by atoms with van der Waals surface area (Å²) in [4.78, 5) is 34.5. The largest absolute Gasteiger partial charge is 0.496 e. The molecule has 1 N–H and O–H groups in total. The number of likely N-dealkylation sites (tertiary alicyclic amines) is 1. The molecule has 3 rings (SSSR count). The minimum atomic E-state index is -0.156. The van der Waals surface area contributed by atoms with E-state index in [1.165, 1.54) is 18.6 Å². The van der Waals surface area contributed by atoms with E-state index in [1.807, 2.05) is 6.07 Å². The Labute approximate surface area is 146 Å². The maximum absolute atomic E-state index is 12.4. The van der Waals surface area contributed by atoms with Crippen molar-refractivity contribution in [3.63, 3.8) is 0 Å². The van der Waals surface area contributed by atoms with Gasteiger partial charge in [-0.2, -0.15) is 0 Å². The third-order valence-electron chi connectivity index (χ3n) is 4.25. The summed E-state index contributed by atoms with van der Waals surface area (Å²) in [5, 5.41) is 3.02. The Balaban J connectivity index is 1.56. The van der Waals surface area contributed by atoms with E-state index in [1.54, 1.807) is 30.2 Å². The Morgan fingerprint density at radius 2 is 1.96 bits per heavy atom. The van der Waals surface area contributed by atoms with Gasteiger partial charge in [0, 0.05) is 31.5 Å². The predicted molar refractivity (Wildman–Crippen MR) is 91.4 cm³/mol. The molecular formula is C18H20N4O3. The highest BCUT2D eigenvalue weighted by atomic mass is 16.5. The number of rotatable bonds is 4. The molecule has 0 bridgehead atoms. The van der Waals surface area contributed by atoms with Crippen molar-refractivity contribution in [2.45, 2.75) is 18.9 Å². The van der Waals surface area contributed by atoms with Crippen molar-refractivity contribution in [2.75, 3.05) is 20.2 Å². The average Bonchev–Trinajstić information content (AvgIpc) is 2.68.